The summed E-state index contributed by atoms with van der Waals surface area (Å²) in [6, 6.07) is 15.6. The fourth-order valence-corrected chi connectivity index (χ4v) is 4.33. The van der Waals surface area contributed by atoms with Crippen LogP contribution < -0.4 is 4.90 Å². The first kappa shape index (κ1) is 19.9. The van der Waals surface area contributed by atoms with Crippen molar-refractivity contribution >= 4 is 29.7 Å². The number of carbonyl (C=O) groups is 2. The third kappa shape index (κ3) is 3.11. The molecule has 0 aromatic heterocycles. The average Bonchev–Trinajstić information content (AvgIpc) is 3.30. The number of rotatable bonds is 4. The molecule has 2 unspecified atom stereocenters. The Kier molecular flexibility index (Phi) is 4.70. The number of guanidine groups is 1. The number of likely N-dealkylation sites (N-methyl/N-ethyl adjacent to an activating group) is 1. The van der Waals surface area contributed by atoms with Crippen molar-refractivity contribution in [1.29, 1.82) is 0 Å². The molecule has 1 saturated heterocycles. The van der Waals surface area contributed by atoms with Gasteiger partial charge in [-0.2, -0.15) is 0 Å². The molecule has 1 fully saturated rings. The van der Waals surface area contributed by atoms with Crippen LogP contribution in [0.15, 0.2) is 77.6 Å². The molecule has 3 amide bonds. The Morgan fingerprint density at radius 3 is 2.62 bits per heavy atom. The van der Waals surface area contributed by atoms with Crippen LogP contribution in [0.4, 0.5) is 10.5 Å². The molecule has 2 atom stereocenters. The molecule has 2 aromatic rings. The molecular weight excluding hydrogens is 406 g/mol. The molecule has 32 heavy (non-hydrogen) atoms. The molecule has 0 radical (unpaired) electrons. The monoisotopic (exact) mass is 429 g/mol. The molecule has 2 aromatic carbocycles. The van der Waals surface area contributed by atoms with Crippen molar-refractivity contribution in [3.05, 3.63) is 78.1 Å². The van der Waals surface area contributed by atoms with E-state index in [1.54, 1.807) is 25.2 Å². The van der Waals surface area contributed by atoms with Gasteiger partial charge < -0.3 is 14.9 Å². The van der Waals surface area contributed by atoms with E-state index in [2.05, 4.69) is 0 Å². The van der Waals surface area contributed by atoms with Gasteiger partial charge in [-0.05, 0) is 24.6 Å². The van der Waals surface area contributed by atoms with Gasteiger partial charge in [0.05, 0.1) is 5.69 Å². The van der Waals surface area contributed by atoms with Gasteiger partial charge in [0.2, 0.25) is 5.96 Å². The number of fused-ring (bicyclic) bond motifs is 3. The summed E-state index contributed by atoms with van der Waals surface area (Å²) < 4.78 is 0. The lowest BCUT2D eigenvalue weighted by Gasteiger charge is -2.39. The molecule has 0 spiro atoms. The highest BCUT2D eigenvalue weighted by atomic mass is 16.3. The Hall–Kier alpha value is -4.07. The number of allylic oxidation sites excluding steroid dienone is 1. The molecule has 3 aliphatic heterocycles. The van der Waals surface area contributed by atoms with E-state index in [1.807, 2.05) is 71.5 Å². The van der Waals surface area contributed by atoms with Crippen LogP contribution in [0.25, 0.3) is 6.08 Å². The zero-order chi connectivity index (χ0) is 22.4. The number of urea groups is 1. The van der Waals surface area contributed by atoms with Crippen LogP contribution in [0.3, 0.4) is 0 Å². The Labute approximate surface area is 186 Å². The molecule has 5 rings (SSSR count). The van der Waals surface area contributed by atoms with Crippen LogP contribution in [0.5, 0.6) is 5.75 Å². The third-order valence-corrected chi connectivity index (χ3v) is 5.87. The van der Waals surface area contributed by atoms with Crippen LogP contribution in [-0.2, 0) is 4.79 Å². The Bertz CT molecular complexity index is 1170. The van der Waals surface area contributed by atoms with Crippen molar-refractivity contribution in [1.82, 2.24) is 14.7 Å². The van der Waals surface area contributed by atoms with Crippen LogP contribution in [0.2, 0.25) is 0 Å². The van der Waals surface area contributed by atoms with E-state index < -0.39 is 12.2 Å². The van der Waals surface area contributed by atoms with E-state index in [1.165, 1.54) is 9.80 Å². The minimum atomic E-state index is -0.630. The van der Waals surface area contributed by atoms with E-state index >= 15 is 0 Å². The van der Waals surface area contributed by atoms with Crippen molar-refractivity contribution in [2.75, 3.05) is 18.5 Å². The molecule has 162 valence electrons. The number of hydrogen-bond acceptors (Lipinski definition) is 6. The van der Waals surface area contributed by atoms with E-state index in [9.17, 15) is 14.7 Å². The number of amides is 3. The number of phenols is 1. The van der Waals surface area contributed by atoms with Gasteiger partial charge in [-0.3, -0.25) is 14.6 Å². The van der Waals surface area contributed by atoms with Crippen LogP contribution in [0.1, 0.15) is 12.5 Å². The first-order chi connectivity index (χ1) is 15.5. The molecule has 3 heterocycles. The predicted octanol–water partition coefficient (Wildman–Crippen LogP) is 3.05. The summed E-state index contributed by atoms with van der Waals surface area (Å²) in [5.74, 6) is 0.429. The van der Waals surface area contributed by atoms with Crippen LogP contribution in [0, 0.1) is 0 Å². The van der Waals surface area contributed by atoms with Gasteiger partial charge in [0, 0.05) is 31.6 Å². The highest BCUT2D eigenvalue weighted by molar-refractivity contribution is 6.10. The second kappa shape index (κ2) is 7.56. The zero-order valence-electron chi connectivity index (χ0n) is 17.8. The Morgan fingerprint density at radius 2 is 1.88 bits per heavy atom. The number of benzene rings is 2. The smallest absolute Gasteiger partial charge is 0.328 e. The first-order valence-corrected chi connectivity index (χ1v) is 10.4. The highest BCUT2D eigenvalue weighted by Gasteiger charge is 2.54. The van der Waals surface area contributed by atoms with Crippen LogP contribution in [-0.4, -0.2) is 63.5 Å². The standard InChI is InChI=1S/C24H23N5O3/c1-16-15-28-20-21(25-23(28)29(16)18-11-6-12-19(30)14-18)26(2)24(32)27(22(20)31)13-7-10-17-8-4-3-5-9-17/h3-12,14-15,20-21,30H,13H2,1-2H3/b10-7+. The number of anilines is 1. The maximum absolute atomic E-state index is 13.4. The zero-order valence-corrected chi connectivity index (χ0v) is 17.8. The summed E-state index contributed by atoms with van der Waals surface area (Å²) in [6.07, 6.45) is 4.98. The summed E-state index contributed by atoms with van der Waals surface area (Å²) in [6.45, 7) is 2.10. The lowest BCUT2D eigenvalue weighted by molar-refractivity contribution is -0.136. The Morgan fingerprint density at radius 1 is 1.09 bits per heavy atom. The lowest BCUT2D eigenvalue weighted by atomic mass is 10.1. The van der Waals surface area contributed by atoms with Crippen molar-refractivity contribution in [3.8, 4) is 5.75 Å². The summed E-state index contributed by atoms with van der Waals surface area (Å²) >= 11 is 0. The quantitative estimate of drug-likeness (QED) is 0.808. The van der Waals surface area contributed by atoms with E-state index in [4.69, 9.17) is 4.99 Å². The second-order valence-electron chi connectivity index (χ2n) is 7.98. The molecule has 0 aliphatic carbocycles. The fraction of sp³-hybridized carbons (Fsp3) is 0.208. The largest absolute Gasteiger partial charge is 0.508 e. The van der Waals surface area contributed by atoms with Gasteiger partial charge in [-0.25, -0.2) is 9.79 Å². The molecule has 3 aliphatic rings. The molecule has 0 bridgehead atoms. The third-order valence-electron chi connectivity index (χ3n) is 5.87. The number of aromatic hydroxyl groups is 1. The van der Waals surface area contributed by atoms with Gasteiger partial charge in [0.25, 0.3) is 5.91 Å². The van der Waals surface area contributed by atoms with Gasteiger partial charge in [0.15, 0.2) is 12.2 Å². The maximum atomic E-state index is 13.4. The Balaban J connectivity index is 1.41. The number of hydrogen-bond donors (Lipinski definition) is 1. The molecular formula is C24H23N5O3. The van der Waals surface area contributed by atoms with Gasteiger partial charge in [-0.15, -0.1) is 0 Å². The van der Waals surface area contributed by atoms with E-state index in [-0.39, 0.29) is 24.2 Å². The predicted molar refractivity (Wildman–Crippen MR) is 122 cm³/mol. The topological polar surface area (TPSA) is 79.7 Å². The molecule has 8 heteroatoms. The summed E-state index contributed by atoms with van der Waals surface area (Å²) in [7, 11) is 1.67. The van der Waals surface area contributed by atoms with Gasteiger partial charge >= 0.3 is 6.03 Å². The highest BCUT2D eigenvalue weighted by Crippen LogP contribution is 2.37. The van der Waals surface area contributed by atoms with Crippen LogP contribution >= 0.6 is 0 Å². The number of imide groups is 1. The van der Waals surface area contributed by atoms with E-state index in [0.29, 0.717) is 5.96 Å². The minimum Gasteiger partial charge on any atom is -0.508 e. The summed E-state index contributed by atoms with van der Waals surface area (Å²) in [5.41, 5.74) is 2.61. The number of nitrogens with zero attached hydrogens (tertiary/aromatic N) is 5. The molecule has 1 N–H and O–H groups in total. The number of carbonyl (C=O) groups excluding carboxylic acids is 2. The summed E-state index contributed by atoms with van der Waals surface area (Å²) in [5, 5.41) is 9.91. The first-order valence-electron chi connectivity index (χ1n) is 10.4. The fourth-order valence-electron chi connectivity index (χ4n) is 4.33. The molecule has 8 nitrogen and oxygen atoms in total. The van der Waals surface area contributed by atoms with Gasteiger partial charge in [0.1, 0.15) is 5.75 Å². The van der Waals surface area contributed by atoms with Gasteiger partial charge in [-0.1, -0.05) is 48.6 Å². The SMILES string of the molecule is CC1=CN2C(=NC3C2C(=O)N(C/C=C/c2ccccc2)C(=O)N3C)N1c1cccc(O)c1. The maximum Gasteiger partial charge on any atom is 0.328 e. The normalized spacial score (nSPS) is 22.4. The lowest BCUT2D eigenvalue weighted by Crippen LogP contribution is -2.64. The molecule has 0 saturated carbocycles. The van der Waals surface area contributed by atoms with Crippen molar-refractivity contribution < 1.29 is 14.7 Å². The average molecular weight is 429 g/mol. The number of phenolic OH excluding ortho intramolecular Hbond substituents is 1. The van der Waals surface area contributed by atoms with Crippen molar-refractivity contribution in [2.45, 2.75) is 19.1 Å². The summed E-state index contributed by atoms with van der Waals surface area (Å²) in [4.78, 5) is 37.5. The van der Waals surface area contributed by atoms with Crippen molar-refractivity contribution in [2.24, 2.45) is 4.99 Å². The number of aliphatic imine (C=N–C) groups is 1. The van der Waals surface area contributed by atoms with E-state index in [0.717, 1.165) is 16.9 Å². The van der Waals surface area contributed by atoms with Crippen molar-refractivity contribution in [3.63, 3.8) is 0 Å². The minimum absolute atomic E-state index is 0.143. The second-order valence-corrected chi connectivity index (χ2v) is 7.98.